The highest BCUT2D eigenvalue weighted by atomic mass is 19.1. The van der Waals surface area contributed by atoms with Crippen molar-refractivity contribution < 1.29 is 28.6 Å². The molecule has 0 bridgehead atoms. The number of carboxylic acids is 1. The summed E-state index contributed by atoms with van der Waals surface area (Å²) in [5.74, 6) is -1.04. The molecule has 2 aromatic carbocycles. The van der Waals surface area contributed by atoms with Crippen LogP contribution in [0.5, 0.6) is 0 Å². The molecule has 1 saturated heterocycles. The topological polar surface area (TPSA) is 79.3 Å². The van der Waals surface area contributed by atoms with Gasteiger partial charge in [-0.05, 0) is 55.0 Å². The third kappa shape index (κ3) is 4.40. The lowest BCUT2D eigenvalue weighted by atomic mass is 9.67. The van der Waals surface area contributed by atoms with Crippen LogP contribution in [0.25, 0.3) is 0 Å². The molecule has 1 saturated carbocycles. The minimum Gasteiger partial charge on any atom is -0.481 e. The average Bonchev–Trinajstić information content (AvgIpc) is 2.77. The van der Waals surface area contributed by atoms with Crippen LogP contribution in [0, 0.1) is 11.7 Å². The molecular weight excluding hydrogens is 439 g/mol. The van der Waals surface area contributed by atoms with Crippen molar-refractivity contribution in [3.05, 3.63) is 65.5 Å². The number of fused-ring (bicyclic) bond motifs is 2. The molecule has 3 atom stereocenters. The SMILES string of the molecule is O=C(O)CCCN(C1COC1)[C@H]1c2ccc(F)cc2N(C(=O)OCc2ccccc2)[C@@H]2CC[C@@H]21. The number of ether oxygens (including phenoxy) is 2. The van der Waals surface area contributed by atoms with Gasteiger partial charge in [-0.2, -0.15) is 0 Å². The minimum atomic E-state index is -0.815. The Morgan fingerprint density at radius 2 is 1.94 bits per heavy atom. The van der Waals surface area contributed by atoms with Crippen molar-refractivity contribution >= 4 is 17.7 Å². The zero-order chi connectivity index (χ0) is 23.7. The summed E-state index contributed by atoms with van der Waals surface area (Å²) in [5.41, 5.74) is 2.33. The van der Waals surface area contributed by atoms with Crippen LogP contribution in [0.1, 0.15) is 42.9 Å². The summed E-state index contributed by atoms with van der Waals surface area (Å²) in [7, 11) is 0. The lowest BCUT2D eigenvalue weighted by Crippen LogP contribution is -2.61. The van der Waals surface area contributed by atoms with Gasteiger partial charge >= 0.3 is 12.1 Å². The number of amides is 1. The Hall–Kier alpha value is -2.97. The molecule has 2 aliphatic heterocycles. The first-order chi connectivity index (χ1) is 16.5. The Balaban J connectivity index is 1.43. The van der Waals surface area contributed by atoms with Gasteiger partial charge in [0.2, 0.25) is 0 Å². The van der Waals surface area contributed by atoms with Crippen LogP contribution in [-0.2, 0) is 20.9 Å². The van der Waals surface area contributed by atoms with Gasteiger partial charge in [-0.3, -0.25) is 14.6 Å². The van der Waals surface area contributed by atoms with E-state index in [9.17, 15) is 14.0 Å². The van der Waals surface area contributed by atoms with Crippen LogP contribution in [0.4, 0.5) is 14.9 Å². The molecule has 5 rings (SSSR count). The molecular formula is C26H29FN2O5. The zero-order valence-corrected chi connectivity index (χ0v) is 18.9. The van der Waals surface area contributed by atoms with E-state index in [1.807, 2.05) is 30.3 Å². The standard InChI is InChI=1S/C26H29FN2O5/c27-18-8-9-21-23(13-18)29(26(32)34-14-17-5-2-1-3-6-17)22-11-10-20(22)25(21)28(19-15-33-16-19)12-4-7-24(30)31/h1-3,5-6,8-9,13,19-20,22,25H,4,7,10-12,14-16H2,(H,30,31)/t20-,22+,25+/m0/s1. The maximum atomic E-state index is 14.4. The van der Waals surface area contributed by atoms with Crippen molar-refractivity contribution in [3.63, 3.8) is 0 Å². The number of anilines is 1. The molecule has 180 valence electrons. The summed E-state index contributed by atoms with van der Waals surface area (Å²) < 4.78 is 25.5. The van der Waals surface area contributed by atoms with Crippen molar-refractivity contribution in [1.29, 1.82) is 0 Å². The summed E-state index contributed by atoms with van der Waals surface area (Å²) in [4.78, 5) is 28.3. The second kappa shape index (κ2) is 9.72. The number of halogens is 1. The highest BCUT2D eigenvalue weighted by Crippen LogP contribution is 2.53. The molecule has 1 N–H and O–H groups in total. The number of aliphatic carboxylic acids is 1. The minimum absolute atomic E-state index is 0.0183. The van der Waals surface area contributed by atoms with Crippen molar-refractivity contribution in [2.45, 2.75) is 50.4 Å². The maximum Gasteiger partial charge on any atom is 0.414 e. The number of hydrogen-bond acceptors (Lipinski definition) is 5. The van der Waals surface area contributed by atoms with Crippen LogP contribution in [0.3, 0.4) is 0 Å². The van der Waals surface area contributed by atoms with E-state index in [1.54, 1.807) is 11.0 Å². The summed E-state index contributed by atoms with van der Waals surface area (Å²) in [6, 6.07) is 14.2. The molecule has 0 spiro atoms. The number of rotatable bonds is 8. The molecule has 0 unspecified atom stereocenters. The number of carbonyl (C=O) groups excluding carboxylic acids is 1. The van der Waals surface area contributed by atoms with E-state index in [0.29, 0.717) is 31.9 Å². The highest BCUT2D eigenvalue weighted by molar-refractivity contribution is 5.90. The van der Waals surface area contributed by atoms with Crippen LogP contribution < -0.4 is 4.90 Å². The summed E-state index contributed by atoms with van der Waals surface area (Å²) in [6.07, 6.45) is 1.92. The predicted octanol–water partition coefficient (Wildman–Crippen LogP) is 4.37. The van der Waals surface area contributed by atoms with Crippen molar-refractivity contribution in [1.82, 2.24) is 4.90 Å². The predicted molar refractivity (Wildman–Crippen MR) is 123 cm³/mol. The molecule has 2 heterocycles. The average molecular weight is 469 g/mol. The van der Waals surface area contributed by atoms with Gasteiger partial charge in [0.25, 0.3) is 0 Å². The van der Waals surface area contributed by atoms with Crippen molar-refractivity contribution in [2.75, 3.05) is 24.7 Å². The number of hydrogen-bond donors (Lipinski definition) is 1. The van der Waals surface area contributed by atoms with E-state index in [4.69, 9.17) is 14.6 Å². The van der Waals surface area contributed by atoms with E-state index < -0.39 is 17.9 Å². The largest absolute Gasteiger partial charge is 0.481 e. The lowest BCUT2D eigenvalue weighted by Gasteiger charge is -2.56. The van der Waals surface area contributed by atoms with Crippen LogP contribution in [0.2, 0.25) is 0 Å². The van der Waals surface area contributed by atoms with E-state index in [0.717, 1.165) is 24.0 Å². The van der Waals surface area contributed by atoms with Gasteiger partial charge in [-0.15, -0.1) is 0 Å². The first-order valence-electron chi connectivity index (χ1n) is 11.9. The van der Waals surface area contributed by atoms with Gasteiger partial charge in [0.15, 0.2) is 0 Å². The second-order valence-electron chi connectivity index (χ2n) is 9.29. The number of nitrogens with zero attached hydrogens (tertiary/aromatic N) is 2. The Bertz CT molecular complexity index is 1040. The van der Waals surface area contributed by atoms with E-state index in [-0.39, 0.29) is 37.1 Å². The molecule has 7 nitrogen and oxygen atoms in total. The normalized spacial score (nSPS) is 23.5. The van der Waals surface area contributed by atoms with Crippen molar-refractivity contribution in [3.8, 4) is 0 Å². The molecule has 1 amide bonds. The Morgan fingerprint density at radius 1 is 1.15 bits per heavy atom. The van der Waals surface area contributed by atoms with Crippen LogP contribution >= 0.6 is 0 Å². The van der Waals surface area contributed by atoms with E-state index >= 15 is 0 Å². The van der Waals surface area contributed by atoms with Gasteiger partial charge < -0.3 is 14.6 Å². The van der Waals surface area contributed by atoms with Gasteiger partial charge in [-0.25, -0.2) is 9.18 Å². The molecule has 2 aromatic rings. The third-order valence-electron chi connectivity index (χ3n) is 7.25. The van der Waals surface area contributed by atoms with Gasteiger partial charge in [0.05, 0.1) is 24.9 Å². The quantitative estimate of drug-likeness (QED) is 0.620. The molecule has 2 fully saturated rings. The summed E-state index contributed by atoms with van der Waals surface area (Å²) in [5, 5.41) is 9.13. The molecule has 3 aliphatic rings. The molecule has 1 aliphatic carbocycles. The van der Waals surface area contributed by atoms with Crippen molar-refractivity contribution in [2.24, 2.45) is 5.92 Å². The van der Waals surface area contributed by atoms with Gasteiger partial charge in [0, 0.05) is 18.5 Å². The third-order valence-corrected chi connectivity index (χ3v) is 7.25. The first-order valence-corrected chi connectivity index (χ1v) is 11.9. The molecule has 34 heavy (non-hydrogen) atoms. The number of benzene rings is 2. The molecule has 0 radical (unpaired) electrons. The summed E-state index contributed by atoms with van der Waals surface area (Å²) in [6.45, 7) is 1.96. The fourth-order valence-corrected chi connectivity index (χ4v) is 5.41. The van der Waals surface area contributed by atoms with Crippen LogP contribution in [-0.4, -0.2) is 53.9 Å². The number of carboxylic acid groups (broad SMARTS) is 1. The Morgan fingerprint density at radius 3 is 2.59 bits per heavy atom. The smallest absolute Gasteiger partial charge is 0.414 e. The zero-order valence-electron chi connectivity index (χ0n) is 18.9. The fraction of sp³-hybridized carbons (Fsp3) is 0.462. The number of carbonyl (C=O) groups is 2. The first kappa shape index (κ1) is 22.8. The van der Waals surface area contributed by atoms with Gasteiger partial charge in [-0.1, -0.05) is 36.4 Å². The fourth-order valence-electron chi connectivity index (χ4n) is 5.41. The maximum absolute atomic E-state index is 14.4. The van der Waals surface area contributed by atoms with Gasteiger partial charge in [0.1, 0.15) is 12.4 Å². The highest BCUT2D eigenvalue weighted by Gasteiger charge is 2.52. The monoisotopic (exact) mass is 468 g/mol. The Kier molecular flexibility index (Phi) is 6.52. The van der Waals surface area contributed by atoms with E-state index in [1.165, 1.54) is 12.1 Å². The Labute approximate surface area is 198 Å². The summed E-state index contributed by atoms with van der Waals surface area (Å²) >= 11 is 0. The second-order valence-corrected chi connectivity index (χ2v) is 9.29. The van der Waals surface area contributed by atoms with Crippen LogP contribution in [0.15, 0.2) is 48.5 Å². The van der Waals surface area contributed by atoms with E-state index in [2.05, 4.69) is 4.90 Å². The lowest BCUT2D eigenvalue weighted by molar-refractivity contribution is -0.137. The molecule has 0 aromatic heterocycles. The molecule has 8 heteroatoms.